The van der Waals surface area contributed by atoms with Crippen molar-refractivity contribution < 1.29 is 0 Å². The van der Waals surface area contributed by atoms with E-state index in [1.807, 2.05) is 67.6 Å². The molecule has 1 fully saturated rings. The first-order chi connectivity index (χ1) is 13.8. The van der Waals surface area contributed by atoms with Gasteiger partial charge in [0.2, 0.25) is 0 Å². The molecule has 1 heterocycles. The van der Waals surface area contributed by atoms with Crippen LogP contribution in [0.2, 0.25) is 0 Å². The van der Waals surface area contributed by atoms with Crippen molar-refractivity contribution in [1.82, 2.24) is 0 Å². The summed E-state index contributed by atoms with van der Waals surface area (Å²) >= 11 is 0. The third-order valence-electron chi connectivity index (χ3n) is 4.73. The minimum atomic E-state index is 0.787. The van der Waals surface area contributed by atoms with Gasteiger partial charge in [-0.15, -0.1) is 0 Å². The van der Waals surface area contributed by atoms with Crippen LogP contribution in [0.4, 0.5) is 28.4 Å². The Morgan fingerprint density at radius 3 is 1.64 bits per heavy atom. The van der Waals surface area contributed by atoms with E-state index in [0.29, 0.717) is 0 Å². The summed E-state index contributed by atoms with van der Waals surface area (Å²) in [5.41, 5.74) is 5.71. The van der Waals surface area contributed by atoms with E-state index in [2.05, 4.69) is 37.5 Å². The third kappa shape index (κ3) is 4.68. The fraction of sp³-hybridized carbons (Fsp3) is 0.217. The lowest BCUT2D eigenvalue weighted by molar-refractivity contribution is 0.949. The molecule has 4 rings (SSSR count). The van der Waals surface area contributed by atoms with Gasteiger partial charge in [-0.1, -0.05) is 12.1 Å². The summed E-state index contributed by atoms with van der Waals surface area (Å²) in [6, 6.07) is 23.8. The molecule has 0 aromatic heterocycles. The van der Waals surface area contributed by atoms with Crippen LogP contribution in [0.5, 0.6) is 0 Å². The van der Waals surface area contributed by atoms with Gasteiger partial charge in [-0.05, 0) is 86.0 Å². The molecule has 3 aromatic rings. The van der Waals surface area contributed by atoms with Crippen LogP contribution in [-0.2, 0) is 0 Å². The monoisotopic (exact) mass is 369 g/mol. The second-order valence-corrected chi connectivity index (χ2v) is 6.97. The van der Waals surface area contributed by atoms with Crippen LogP contribution in [0.25, 0.3) is 0 Å². The van der Waals surface area contributed by atoms with Crippen molar-refractivity contribution in [2.24, 2.45) is 20.5 Å². The summed E-state index contributed by atoms with van der Waals surface area (Å²) in [6.07, 6.45) is 2.56. The van der Waals surface area contributed by atoms with Gasteiger partial charge in [0, 0.05) is 18.8 Å². The molecule has 140 valence electrons. The Labute approximate surface area is 165 Å². The maximum Gasteiger partial charge on any atom is 0.0859 e. The largest absolute Gasteiger partial charge is 0.372 e. The molecule has 1 saturated heterocycles. The van der Waals surface area contributed by atoms with Gasteiger partial charge in [0.1, 0.15) is 0 Å². The van der Waals surface area contributed by atoms with Crippen molar-refractivity contribution in [2.75, 3.05) is 18.0 Å². The predicted molar refractivity (Wildman–Crippen MR) is 114 cm³/mol. The first kappa shape index (κ1) is 18.0. The first-order valence-corrected chi connectivity index (χ1v) is 9.61. The maximum absolute atomic E-state index is 4.33. The number of azo groups is 2. The third-order valence-corrected chi connectivity index (χ3v) is 4.73. The van der Waals surface area contributed by atoms with E-state index in [1.165, 1.54) is 24.1 Å². The minimum Gasteiger partial charge on any atom is -0.372 e. The molecule has 3 aromatic carbocycles. The van der Waals surface area contributed by atoms with Crippen molar-refractivity contribution in [3.63, 3.8) is 0 Å². The van der Waals surface area contributed by atoms with E-state index in [9.17, 15) is 0 Å². The fourth-order valence-corrected chi connectivity index (χ4v) is 3.21. The Bertz CT molecular complexity index is 969. The summed E-state index contributed by atoms with van der Waals surface area (Å²) in [5, 5.41) is 17.2. The van der Waals surface area contributed by atoms with Gasteiger partial charge in [-0.3, -0.25) is 0 Å². The molecule has 1 aliphatic rings. The second-order valence-electron chi connectivity index (χ2n) is 6.97. The molecule has 5 nitrogen and oxygen atoms in total. The molecular weight excluding hydrogens is 346 g/mol. The van der Waals surface area contributed by atoms with E-state index in [0.717, 1.165) is 35.8 Å². The number of rotatable bonds is 5. The van der Waals surface area contributed by atoms with Crippen LogP contribution >= 0.6 is 0 Å². The number of benzene rings is 3. The molecule has 0 spiro atoms. The van der Waals surface area contributed by atoms with Crippen LogP contribution in [0, 0.1) is 6.92 Å². The first-order valence-electron chi connectivity index (χ1n) is 9.61. The van der Waals surface area contributed by atoms with Gasteiger partial charge in [-0.2, -0.15) is 20.5 Å². The Kier molecular flexibility index (Phi) is 5.52. The summed E-state index contributed by atoms with van der Waals surface area (Å²) < 4.78 is 0. The van der Waals surface area contributed by atoms with E-state index in [4.69, 9.17) is 0 Å². The van der Waals surface area contributed by atoms with Gasteiger partial charge in [0.05, 0.1) is 22.7 Å². The highest BCUT2D eigenvalue weighted by atomic mass is 15.1. The molecule has 0 unspecified atom stereocenters. The zero-order chi connectivity index (χ0) is 19.2. The van der Waals surface area contributed by atoms with Crippen LogP contribution in [0.1, 0.15) is 18.4 Å². The summed E-state index contributed by atoms with van der Waals surface area (Å²) in [5.74, 6) is 0. The van der Waals surface area contributed by atoms with Gasteiger partial charge in [0.25, 0.3) is 0 Å². The van der Waals surface area contributed by atoms with Crippen molar-refractivity contribution in [1.29, 1.82) is 0 Å². The number of anilines is 1. The van der Waals surface area contributed by atoms with Crippen LogP contribution < -0.4 is 4.90 Å². The van der Waals surface area contributed by atoms with Gasteiger partial charge < -0.3 is 4.90 Å². The second kappa shape index (κ2) is 8.57. The van der Waals surface area contributed by atoms with Crippen LogP contribution in [0.3, 0.4) is 0 Å². The molecule has 0 aliphatic carbocycles. The highest BCUT2D eigenvalue weighted by molar-refractivity contribution is 5.53. The summed E-state index contributed by atoms with van der Waals surface area (Å²) in [6.45, 7) is 4.33. The standard InChI is InChI=1S/C23H23N5/c1-18-5-4-6-22(17-18)27-26-20-9-7-19(8-10-20)24-25-21-11-13-23(14-12-21)28-15-2-3-16-28/h4-14,17H,2-3,15-16H2,1H3. The van der Waals surface area contributed by atoms with Crippen molar-refractivity contribution in [3.8, 4) is 0 Å². The molecule has 0 atom stereocenters. The van der Waals surface area contributed by atoms with Gasteiger partial charge in [0.15, 0.2) is 0 Å². The molecule has 0 radical (unpaired) electrons. The quantitative estimate of drug-likeness (QED) is 0.431. The predicted octanol–water partition coefficient (Wildman–Crippen LogP) is 7.43. The van der Waals surface area contributed by atoms with E-state index in [-0.39, 0.29) is 0 Å². The Hall–Kier alpha value is -3.34. The zero-order valence-electron chi connectivity index (χ0n) is 16.0. The number of aryl methyl sites for hydroxylation is 1. The smallest absolute Gasteiger partial charge is 0.0859 e. The lowest BCUT2D eigenvalue weighted by atomic mass is 10.2. The lowest BCUT2D eigenvalue weighted by Crippen LogP contribution is -2.17. The van der Waals surface area contributed by atoms with Crippen molar-refractivity contribution in [2.45, 2.75) is 19.8 Å². The number of hydrogen-bond acceptors (Lipinski definition) is 5. The normalized spacial score (nSPS) is 14.4. The average molecular weight is 369 g/mol. The van der Waals surface area contributed by atoms with Crippen molar-refractivity contribution in [3.05, 3.63) is 78.4 Å². The summed E-state index contributed by atoms with van der Waals surface area (Å²) in [4.78, 5) is 2.41. The molecule has 0 amide bonds. The average Bonchev–Trinajstić information content (AvgIpc) is 3.27. The number of nitrogens with zero attached hydrogens (tertiary/aromatic N) is 5. The minimum absolute atomic E-state index is 0.787. The molecule has 1 aliphatic heterocycles. The molecule has 0 bridgehead atoms. The van der Waals surface area contributed by atoms with Crippen molar-refractivity contribution >= 4 is 28.4 Å². The molecule has 28 heavy (non-hydrogen) atoms. The topological polar surface area (TPSA) is 52.7 Å². The molecule has 0 N–H and O–H groups in total. The van der Waals surface area contributed by atoms with Crippen LogP contribution in [-0.4, -0.2) is 13.1 Å². The van der Waals surface area contributed by atoms with Gasteiger partial charge in [-0.25, -0.2) is 0 Å². The van der Waals surface area contributed by atoms with E-state index >= 15 is 0 Å². The zero-order valence-corrected chi connectivity index (χ0v) is 16.0. The lowest BCUT2D eigenvalue weighted by Gasteiger charge is -2.17. The Balaban J connectivity index is 1.38. The molecule has 5 heteroatoms. The Morgan fingerprint density at radius 1 is 0.607 bits per heavy atom. The SMILES string of the molecule is Cc1cccc(N=Nc2ccc(N=Nc3ccc(N4CCCC4)cc3)cc2)c1. The fourth-order valence-electron chi connectivity index (χ4n) is 3.21. The van der Waals surface area contributed by atoms with Crippen LogP contribution in [0.15, 0.2) is 93.3 Å². The van der Waals surface area contributed by atoms with E-state index in [1.54, 1.807) is 0 Å². The summed E-state index contributed by atoms with van der Waals surface area (Å²) in [7, 11) is 0. The van der Waals surface area contributed by atoms with Gasteiger partial charge >= 0.3 is 0 Å². The molecular formula is C23H23N5. The Morgan fingerprint density at radius 2 is 1.11 bits per heavy atom. The number of hydrogen-bond donors (Lipinski definition) is 0. The van der Waals surface area contributed by atoms with E-state index < -0.39 is 0 Å². The highest BCUT2D eigenvalue weighted by Crippen LogP contribution is 2.26. The highest BCUT2D eigenvalue weighted by Gasteiger charge is 2.11. The maximum atomic E-state index is 4.33. The molecule has 0 saturated carbocycles.